The molecule has 7 heteroatoms. The fourth-order valence-electron chi connectivity index (χ4n) is 1.62. The minimum Gasteiger partial charge on any atom is -0.355 e. The Hall–Kier alpha value is -1.27. The summed E-state index contributed by atoms with van der Waals surface area (Å²) in [4.78, 5) is 11.8. The normalized spacial score (nSPS) is 11.2. The van der Waals surface area contributed by atoms with Crippen LogP contribution < -0.4 is 9.62 Å². The number of carbonyl (C=O) groups is 1. The van der Waals surface area contributed by atoms with Gasteiger partial charge in [0.1, 0.15) is 6.54 Å². The zero-order chi connectivity index (χ0) is 15.2. The van der Waals surface area contributed by atoms with E-state index in [1.54, 1.807) is 18.2 Å². The van der Waals surface area contributed by atoms with Crippen molar-refractivity contribution < 1.29 is 13.2 Å². The van der Waals surface area contributed by atoms with Crippen LogP contribution in [-0.2, 0) is 14.8 Å². The van der Waals surface area contributed by atoms with Gasteiger partial charge in [-0.3, -0.25) is 9.10 Å². The van der Waals surface area contributed by atoms with Gasteiger partial charge in [0.15, 0.2) is 0 Å². The van der Waals surface area contributed by atoms with E-state index in [9.17, 15) is 13.2 Å². The van der Waals surface area contributed by atoms with Crippen LogP contribution in [0.2, 0.25) is 5.02 Å². The predicted molar refractivity (Wildman–Crippen MR) is 81.6 cm³/mol. The van der Waals surface area contributed by atoms with Gasteiger partial charge in [-0.15, -0.1) is 0 Å². The third-order valence-corrected chi connectivity index (χ3v) is 4.01. The summed E-state index contributed by atoms with van der Waals surface area (Å²) in [5, 5.41) is 3.11. The fourth-order valence-corrected chi connectivity index (χ4v) is 2.65. The van der Waals surface area contributed by atoms with Crippen molar-refractivity contribution >= 4 is 33.2 Å². The van der Waals surface area contributed by atoms with Crippen LogP contribution >= 0.6 is 11.6 Å². The van der Waals surface area contributed by atoms with E-state index in [-0.39, 0.29) is 12.5 Å². The van der Waals surface area contributed by atoms with Crippen LogP contribution in [0.25, 0.3) is 0 Å². The number of hydrogen-bond acceptors (Lipinski definition) is 3. The first-order valence-corrected chi connectivity index (χ1v) is 8.57. The minimum absolute atomic E-state index is 0.247. The van der Waals surface area contributed by atoms with Crippen molar-refractivity contribution in [2.45, 2.75) is 19.8 Å². The van der Waals surface area contributed by atoms with E-state index in [0.29, 0.717) is 17.3 Å². The molecule has 0 aliphatic carbocycles. The highest BCUT2D eigenvalue weighted by Crippen LogP contribution is 2.21. The second-order valence-electron chi connectivity index (χ2n) is 4.45. The maximum absolute atomic E-state index is 11.8. The summed E-state index contributed by atoms with van der Waals surface area (Å²) < 4.78 is 24.7. The van der Waals surface area contributed by atoms with Gasteiger partial charge in [0.25, 0.3) is 0 Å². The van der Waals surface area contributed by atoms with Gasteiger partial charge in [0.05, 0.1) is 11.9 Å². The molecule has 0 aliphatic rings. The molecule has 0 unspecified atom stereocenters. The van der Waals surface area contributed by atoms with Crippen LogP contribution in [0.15, 0.2) is 24.3 Å². The van der Waals surface area contributed by atoms with Crippen molar-refractivity contribution in [3.05, 3.63) is 29.3 Å². The van der Waals surface area contributed by atoms with Crippen LogP contribution in [0.5, 0.6) is 0 Å². The van der Waals surface area contributed by atoms with Gasteiger partial charge in [-0.25, -0.2) is 8.42 Å². The largest absolute Gasteiger partial charge is 0.355 e. The lowest BCUT2D eigenvalue weighted by atomic mass is 10.3. The first-order valence-electron chi connectivity index (χ1n) is 6.34. The number of halogens is 1. The average molecular weight is 319 g/mol. The van der Waals surface area contributed by atoms with E-state index < -0.39 is 10.0 Å². The molecule has 1 aromatic carbocycles. The molecule has 0 aromatic heterocycles. The number of amides is 1. The monoisotopic (exact) mass is 318 g/mol. The Morgan fingerprint density at radius 3 is 2.65 bits per heavy atom. The molecule has 0 radical (unpaired) electrons. The molecule has 0 fully saturated rings. The van der Waals surface area contributed by atoms with Crippen molar-refractivity contribution in [2.24, 2.45) is 0 Å². The lowest BCUT2D eigenvalue weighted by Crippen LogP contribution is -2.40. The Morgan fingerprint density at radius 1 is 1.40 bits per heavy atom. The van der Waals surface area contributed by atoms with Crippen LogP contribution in [-0.4, -0.2) is 33.7 Å². The number of nitrogens with one attached hydrogen (secondary N) is 1. The number of sulfonamides is 1. The van der Waals surface area contributed by atoms with Crippen molar-refractivity contribution in [3.8, 4) is 0 Å². The van der Waals surface area contributed by atoms with Crippen molar-refractivity contribution in [3.63, 3.8) is 0 Å². The molecule has 0 heterocycles. The highest BCUT2D eigenvalue weighted by atomic mass is 35.5. The standard InChI is InChI=1S/C13H19ClN2O3S/c1-3-4-8-15-13(17)10-16(20(2,18)19)12-7-5-6-11(14)9-12/h5-7,9H,3-4,8,10H2,1-2H3,(H,15,17). The summed E-state index contributed by atoms with van der Waals surface area (Å²) >= 11 is 5.86. The molecule has 1 N–H and O–H groups in total. The van der Waals surface area contributed by atoms with Gasteiger partial charge in [0.2, 0.25) is 15.9 Å². The number of nitrogens with zero attached hydrogens (tertiary/aromatic N) is 1. The number of rotatable bonds is 7. The summed E-state index contributed by atoms with van der Waals surface area (Å²) in [6, 6.07) is 6.41. The quantitative estimate of drug-likeness (QED) is 0.782. The molecular weight excluding hydrogens is 300 g/mol. The first kappa shape index (κ1) is 16.8. The maximum Gasteiger partial charge on any atom is 0.240 e. The minimum atomic E-state index is -3.55. The number of benzene rings is 1. The third-order valence-electron chi connectivity index (χ3n) is 2.64. The second kappa shape index (κ2) is 7.50. The third kappa shape index (κ3) is 5.38. The molecule has 1 aromatic rings. The first-order chi connectivity index (χ1) is 9.34. The molecule has 1 rings (SSSR count). The lowest BCUT2D eigenvalue weighted by Gasteiger charge is -2.22. The molecule has 112 valence electrons. The van der Waals surface area contributed by atoms with E-state index in [2.05, 4.69) is 5.32 Å². The van der Waals surface area contributed by atoms with E-state index in [0.717, 1.165) is 23.4 Å². The Morgan fingerprint density at radius 2 is 2.10 bits per heavy atom. The van der Waals surface area contributed by atoms with Gasteiger partial charge in [-0.05, 0) is 24.6 Å². The second-order valence-corrected chi connectivity index (χ2v) is 6.80. The van der Waals surface area contributed by atoms with Gasteiger partial charge in [0, 0.05) is 11.6 Å². The Bertz CT molecular complexity index is 560. The average Bonchev–Trinajstić information content (AvgIpc) is 2.35. The number of unbranched alkanes of at least 4 members (excludes halogenated alkanes) is 1. The van der Waals surface area contributed by atoms with E-state index >= 15 is 0 Å². The van der Waals surface area contributed by atoms with Gasteiger partial charge in [-0.1, -0.05) is 31.0 Å². The van der Waals surface area contributed by atoms with Crippen LogP contribution in [0, 0.1) is 0 Å². The number of hydrogen-bond donors (Lipinski definition) is 1. The molecule has 0 spiro atoms. The lowest BCUT2D eigenvalue weighted by molar-refractivity contribution is -0.119. The molecule has 20 heavy (non-hydrogen) atoms. The molecule has 0 bridgehead atoms. The highest BCUT2D eigenvalue weighted by Gasteiger charge is 2.20. The maximum atomic E-state index is 11.8. The molecular formula is C13H19ClN2O3S. The molecule has 5 nitrogen and oxygen atoms in total. The van der Waals surface area contributed by atoms with Crippen molar-refractivity contribution in [2.75, 3.05) is 23.7 Å². The molecule has 1 amide bonds. The number of anilines is 1. The van der Waals surface area contributed by atoms with Crippen LogP contribution in [0.1, 0.15) is 19.8 Å². The van der Waals surface area contributed by atoms with E-state index in [1.165, 1.54) is 6.07 Å². The summed E-state index contributed by atoms with van der Waals surface area (Å²) in [6.07, 6.45) is 2.89. The Balaban J connectivity index is 2.84. The Kier molecular flexibility index (Phi) is 6.29. The molecule has 0 saturated carbocycles. The zero-order valence-corrected chi connectivity index (χ0v) is 13.2. The van der Waals surface area contributed by atoms with Crippen LogP contribution in [0.4, 0.5) is 5.69 Å². The summed E-state index contributed by atoms with van der Waals surface area (Å²) in [5.41, 5.74) is 0.380. The molecule has 0 aliphatic heterocycles. The van der Waals surface area contributed by atoms with Gasteiger partial charge in [-0.2, -0.15) is 0 Å². The summed E-state index contributed by atoms with van der Waals surface area (Å²) in [6.45, 7) is 2.31. The highest BCUT2D eigenvalue weighted by molar-refractivity contribution is 7.92. The predicted octanol–water partition coefficient (Wildman–Crippen LogP) is 2.02. The SMILES string of the molecule is CCCCNC(=O)CN(c1cccc(Cl)c1)S(C)(=O)=O. The molecule has 0 atom stereocenters. The molecule has 0 saturated heterocycles. The van der Waals surface area contributed by atoms with Gasteiger partial charge >= 0.3 is 0 Å². The van der Waals surface area contributed by atoms with E-state index in [1.807, 2.05) is 6.92 Å². The topological polar surface area (TPSA) is 66.5 Å². The Labute approximate surface area is 125 Å². The zero-order valence-electron chi connectivity index (χ0n) is 11.6. The smallest absolute Gasteiger partial charge is 0.240 e. The van der Waals surface area contributed by atoms with Crippen LogP contribution in [0.3, 0.4) is 0 Å². The van der Waals surface area contributed by atoms with E-state index in [4.69, 9.17) is 11.6 Å². The summed E-state index contributed by atoms with van der Waals surface area (Å²) in [5.74, 6) is -0.330. The summed E-state index contributed by atoms with van der Waals surface area (Å²) in [7, 11) is -3.55. The van der Waals surface area contributed by atoms with Crippen molar-refractivity contribution in [1.29, 1.82) is 0 Å². The fraction of sp³-hybridized carbons (Fsp3) is 0.462. The number of carbonyl (C=O) groups excluding carboxylic acids is 1. The van der Waals surface area contributed by atoms with Gasteiger partial charge < -0.3 is 5.32 Å². The van der Waals surface area contributed by atoms with Crippen molar-refractivity contribution in [1.82, 2.24) is 5.32 Å².